The van der Waals surface area contributed by atoms with Gasteiger partial charge < -0.3 is 14.5 Å². The quantitative estimate of drug-likeness (QED) is 0.683. The van der Waals surface area contributed by atoms with Crippen molar-refractivity contribution < 1.29 is 17.9 Å². The Labute approximate surface area is 165 Å². The van der Waals surface area contributed by atoms with Crippen molar-refractivity contribution in [2.24, 2.45) is 11.3 Å². The lowest BCUT2D eigenvalue weighted by Crippen LogP contribution is -2.52. The molecule has 0 saturated carbocycles. The molecular formula is C18H27N5O4S. The van der Waals surface area contributed by atoms with Gasteiger partial charge in [0.25, 0.3) is 0 Å². The van der Waals surface area contributed by atoms with E-state index in [9.17, 15) is 13.2 Å². The average Bonchev–Trinajstić information content (AvgIpc) is 2.96. The summed E-state index contributed by atoms with van der Waals surface area (Å²) in [6, 6.07) is 1.76. The lowest BCUT2D eigenvalue weighted by atomic mass is 9.73. The summed E-state index contributed by atoms with van der Waals surface area (Å²) in [6.07, 6.45) is 5.97. The summed E-state index contributed by atoms with van der Waals surface area (Å²) in [5, 5.41) is 0. The molecule has 4 heterocycles. The average molecular weight is 410 g/mol. The molecule has 1 aromatic heterocycles. The van der Waals surface area contributed by atoms with E-state index in [1.807, 2.05) is 9.80 Å². The summed E-state index contributed by atoms with van der Waals surface area (Å²) in [5.74, 6) is 0.620. The minimum Gasteiger partial charge on any atom is -0.378 e. The Morgan fingerprint density at radius 3 is 2.57 bits per heavy atom. The van der Waals surface area contributed by atoms with E-state index in [0.29, 0.717) is 71.3 Å². The number of fused-ring (bicyclic) bond motifs is 1. The Bertz CT molecular complexity index is 815. The van der Waals surface area contributed by atoms with Crippen molar-refractivity contribution in [3.63, 3.8) is 0 Å². The molecule has 3 fully saturated rings. The van der Waals surface area contributed by atoms with Gasteiger partial charge in [-0.3, -0.25) is 4.79 Å². The molecule has 9 nitrogen and oxygen atoms in total. The second kappa shape index (κ2) is 7.57. The van der Waals surface area contributed by atoms with Crippen LogP contribution in [0.1, 0.15) is 12.8 Å². The van der Waals surface area contributed by atoms with Gasteiger partial charge >= 0.3 is 0 Å². The minimum absolute atomic E-state index is 0.0936. The topological polar surface area (TPSA) is 95.9 Å². The van der Waals surface area contributed by atoms with Crippen molar-refractivity contribution in [2.75, 3.05) is 63.6 Å². The number of ether oxygens (including phenoxy) is 1. The van der Waals surface area contributed by atoms with Gasteiger partial charge in [0, 0.05) is 57.6 Å². The van der Waals surface area contributed by atoms with E-state index >= 15 is 0 Å². The second-order valence-electron chi connectivity index (χ2n) is 7.91. The lowest BCUT2D eigenvalue weighted by Gasteiger charge is -2.38. The molecule has 0 unspecified atom stereocenters. The van der Waals surface area contributed by atoms with Crippen LogP contribution in [0.5, 0.6) is 0 Å². The van der Waals surface area contributed by atoms with Crippen LogP contribution in [0.3, 0.4) is 0 Å². The van der Waals surface area contributed by atoms with Crippen molar-refractivity contribution in [3.05, 3.63) is 18.5 Å². The Morgan fingerprint density at radius 2 is 1.89 bits per heavy atom. The smallest absolute Gasteiger partial charge is 0.231 e. The van der Waals surface area contributed by atoms with Crippen LogP contribution in [0.25, 0.3) is 0 Å². The van der Waals surface area contributed by atoms with Gasteiger partial charge in [-0.05, 0) is 18.9 Å². The molecule has 0 bridgehead atoms. The summed E-state index contributed by atoms with van der Waals surface area (Å²) < 4.78 is 31.4. The first-order valence-electron chi connectivity index (χ1n) is 9.74. The van der Waals surface area contributed by atoms with E-state index in [0.717, 1.165) is 0 Å². The fraction of sp³-hybridized carbons (Fsp3) is 0.722. The zero-order valence-corrected chi connectivity index (χ0v) is 17.0. The second-order valence-corrected chi connectivity index (χ2v) is 9.89. The largest absolute Gasteiger partial charge is 0.378 e. The van der Waals surface area contributed by atoms with Crippen LogP contribution in [0, 0.1) is 11.3 Å². The van der Waals surface area contributed by atoms with Gasteiger partial charge in [-0.25, -0.2) is 22.7 Å². The summed E-state index contributed by atoms with van der Waals surface area (Å²) in [4.78, 5) is 26.3. The maximum absolute atomic E-state index is 13.7. The molecule has 3 aliphatic heterocycles. The van der Waals surface area contributed by atoms with Crippen molar-refractivity contribution >= 4 is 21.9 Å². The molecule has 0 N–H and O–H groups in total. The molecule has 3 aliphatic rings. The van der Waals surface area contributed by atoms with Gasteiger partial charge in [0.15, 0.2) is 0 Å². The van der Waals surface area contributed by atoms with Crippen LogP contribution in [0.2, 0.25) is 0 Å². The van der Waals surface area contributed by atoms with Crippen LogP contribution in [-0.4, -0.2) is 92.2 Å². The number of rotatable bonds is 3. The SMILES string of the molecule is CS(=O)(=O)N1CCC[C@@]2(C(=O)N3CCOCC3)CN(c3ncccn3)C[C@H]2C1. The van der Waals surface area contributed by atoms with Gasteiger partial charge in [-0.1, -0.05) is 0 Å². The predicted molar refractivity (Wildman–Crippen MR) is 103 cm³/mol. The number of hydrogen-bond acceptors (Lipinski definition) is 7. The van der Waals surface area contributed by atoms with E-state index < -0.39 is 15.4 Å². The standard InChI is InChI=1S/C18H27N5O4S/c1-28(25,26)23-7-2-4-18(16(24)21-8-10-27-11-9-21)14-22(12-15(18)13-23)17-19-5-3-6-20-17/h3,5-6,15H,2,4,7-14H2,1H3/t15-,18+/m0/s1. The molecule has 0 radical (unpaired) electrons. The molecule has 4 rings (SSSR count). The first-order chi connectivity index (χ1) is 13.4. The number of morpholine rings is 1. The van der Waals surface area contributed by atoms with Gasteiger partial charge in [-0.2, -0.15) is 0 Å². The molecule has 0 spiro atoms. The number of sulfonamides is 1. The Hall–Kier alpha value is -1.78. The third-order valence-corrected chi connectivity index (χ3v) is 7.45. The number of amides is 1. The summed E-state index contributed by atoms with van der Waals surface area (Å²) in [6.45, 7) is 4.20. The van der Waals surface area contributed by atoms with Crippen molar-refractivity contribution in [1.82, 2.24) is 19.2 Å². The third kappa shape index (κ3) is 3.60. The maximum atomic E-state index is 13.7. The van der Waals surface area contributed by atoms with Crippen LogP contribution >= 0.6 is 0 Å². The highest BCUT2D eigenvalue weighted by Gasteiger charge is 2.55. The lowest BCUT2D eigenvalue weighted by molar-refractivity contribution is -0.147. The Balaban J connectivity index is 1.67. The zero-order valence-electron chi connectivity index (χ0n) is 16.2. The highest BCUT2D eigenvalue weighted by molar-refractivity contribution is 7.88. The van der Waals surface area contributed by atoms with E-state index in [2.05, 4.69) is 9.97 Å². The fourth-order valence-electron chi connectivity index (χ4n) is 4.74. The number of carbonyl (C=O) groups is 1. The highest BCUT2D eigenvalue weighted by atomic mass is 32.2. The molecule has 0 aromatic carbocycles. The Morgan fingerprint density at radius 1 is 1.18 bits per heavy atom. The van der Waals surface area contributed by atoms with Gasteiger partial charge in [0.05, 0.1) is 24.9 Å². The molecule has 10 heteroatoms. The third-order valence-electron chi connectivity index (χ3n) is 6.18. The Kier molecular flexibility index (Phi) is 5.28. The molecule has 2 atom stereocenters. The highest BCUT2D eigenvalue weighted by Crippen LogP contribution is 2.45. The van der Waals surface area contributed by atoms with Crippen molar-refractivity contribution in [1.29, 1.82) is 0 Å². The van der Waals surface area contributed by atoms with Crippen molar-refractivity contribution in [2.45, 2.75) is 12.8 Å². The molecule has 154 valence electrons. The van der Waals surface area contributed by atoms with Crippen LogP contribution in [0.15, 0.2) is 18.5 Å². The summed E-state index contributed by atoms with van der Waals surface area (Å²) in [5.41, 5.74) is -0.615. The first-order valence-corrected chi connectivity index (χ1v) is 11.6. The van der Waals surface area contributed by atoms with E-state index in [-0.39, 0.29) is 11.8 Å². The van der Waals surface area contributed by atoms with Crippen LogP contribution in [0.4, 0.5) is 5.95 Å². The van der Waals surface area contributed by atoms with Gasteiger partial charge in [-0.15, -0.1) is 0 Å². The van der Waals surface area contributed by atoms with Crippen molar-refractivity contribution in [3.8, 4) is 0 Å². The van der Waals surface area contributed by atoms with Gasteiger partial charge in [0.1, 0.15) is 0 Å². The maximum Gasteiger partial charge on any atom is 0.231 e. The zero-order chi connectivity index (χ0) is 19.8. The summed E-state index contributed by atoms with van der Waals surface area (Å²) >= 11 is 0. The first kappa shape index (κ1) is 19.5. The minimum atomic E-state index is -3.31. The molecule has 1 amide bonds. The normalized spacial score (nSPS) is 29.4. The number of carbonyl (C=O) groups excluding carboxylic acids is 1. The van der Waals surface area contributed by atoms with Crippen LogP contribution in [-0.2, 0) is 19.6 Å². The fourth-order valence-corrected chi connectivity index (χ4v) is 5.65. The predicted octanol–water partition coefficient (Wildman–Crippen LogP) is -0.187. The number of hydrogen-bond donors (Lipinski definition) is 0. The molecule has 0 aliphatic carbocycles. The van der Waals surface area contributed by atoms with E-state index in [1.54, 1.807) is 18.5 Å². The van der Waals surface area contributed by atoms with E-state index in [4.69, 9.17) is 4.74 Å². The number of aromatic nitrogens is 2. The monoisotopic (exact) mass is 409 g/mol. The number of anilines is 1. The molecule has 1 aromatic rings. The molecule has 3 saturated heterocycles. The van der Waals surface area contributed by atoms with Gasteiger partial charge in [0.2, 0.25) is 21.9 Å². The summed E-state index contributed by atoms with van der Waals surface area (Å²) in [7, 11) is -3.31. The van der Waals surface area contributed by atoms with E-state index in [1.165, 1.54) is 10.6 Å². The molecular weight excluding hydrogens is 382 g/mol. The molecule has 28 heavy (non-hydrogen) atoms. The number of nitrogens with zero attached hydrogens (tertiary/aromatic N) is 5. The van der Waals surface area contributed by atoms with Crippen LogP contribution < -0.4 is 4.90 Å².